The van der Waals surface area contributed by atoms with Crippen LogP contribution in [0.1, 0.15) is 134 Å². The molecule has 0 aliphatic heterocycles. The smallest absolute Gasteiger partial charge is 0.240 e. The van der Waals surface area contributed by atoms with Gasteiger partial charge in [0.25, 0.3) is 0 Å². The van der Waals surface area contributed by atoms with Gasteiger partial charge in [0.05, 0.1) is 30.6 Å². The third-order valence-corrected chi connectivity index (χ3v) is 11.3. The second-order valence-corrected chi connectivity index (χ2v) is 17.0. The van der Waals surface area contributed by atoms with Crippen molar-refractivity contribution >= 4 is 22.5 Å². The molecule has 5 rings (SSSR count). The van der Waals surface area contributed by atoms with E-state index in [1.165, 1.54) is 102 Å². The lowest BCUT2D eigenvalue weighted by atomic mass is 10.0. The van der Waals surface area contributed by atoms with Crippen LogP contribution < -0.4 is 14.6 Å². The highest BCUT2D eigenvalue weighted by Crippen LogP contribution is 2.26. The molecule has 0 radical (unpaired) electrons. The van der Waals surface area contributed by atoms with Gasteiger partial charge in [0.1, 0.15) is 6.54 Å². The number of hydrogen-bond donors (Lipinski definition) is 1. The zero-order chi connectivity index (χ0) is 44.6. The number of hydrogen-bond acceptors (Lipinski definition) is 5. The number of benzene rings is 3. The molecule has 0 saturated heterocycles. The van der Waals surface area contributed by atoms with Gasteiger partial charge in [-0.25, -0.2) is 4.57 Å². The predicted molar refractivity (Wildman–Crippen MR) is 263 cm³/mol. The van der Waals surface area contributed by atoms with Crippen LogP contribution in [-0.2, 0) is 17.9 Å². The van der Waals surface area contributed by atoms with Crippen LogP contribution in [0.5, 0.6) is 5.88 Å². The minimum absolute atomic E-state index is 0.0612. The molecule has 0 spiro atoms. The second kappa shape index (κ2) is 32.2. The molecule has 8 heteroatoms. The third-order valence-electron chi connectivity index (χ3n) is 11.3. The number of pyridine rings is 1. The first-order valence-electron chi connectivity index (χ1n) is 24.0. The molecule has 62 heavy (non-hydrogen) atoms. The van der Waals surface area contributed by atoms with Crippen molar-refractivity contribution in [1.82, 2.24) is 19.6 Å². The average molecular weight is 848 g/mol. The first kappa shape index (κ1) is 51.8. The number of aromatic nitrogens is 3. The molecule has 0 atom stereocenters. The molecule has 0 saturated carbocycles. The number of rotatable bonds is 27. The van der Waals surface area contributed by atoms with E-state index in [9.17, 15) is 4.79 Å². The summed E-state index contributed by atoms with van der Waals surface area (Å²) in [4.78, 5) is 16.2. The quantitative estimate of drug-likeness (QED) is 0.0421. The van der Waals surface area contributed by atoms with Gasteiger partial charge < -0.3 is 15.0 Å². The van der Waals surface area contributed by atoms with E-state index in [1.807, 2.05) is 54.9 Å². The third kappa shape index (κ3) is 21.5. The number of carbonyl (C=O) groups excluding carboxylic acids is 1. The van der Waals surface area contributed by atoms with Gasteiger partial charge in [-0.1, -0.05) is 165 Å². The number of para-hydroxylation sites is 2. The first-order valence-corrected chi connectivity index (χ1v) is 24.0. The number of unbranched alkanes of at least 4 members (excludes halogenated alkanes) is 13. The van der Waals surface area contributed by atoms with Crippen molar-refractivity contribution in [3.8, 4) is 5.88 Å². The van der Waals surface area contributed by atoms with Crippen LogP contribution in [0.4, 0.5) is 5.69 Å². The summed E-state index contributed by atoms with van der Waals surface area (Å²) in [5.41, 5.74) is 5.51. The molecule has 0 bridgehead atoms. The molecule has 5 aromatic rings. The number of carbonyl (C=O) groups is 1. The van der Waals surface area contributed by atoms with E-state index >= 15 is 0 Å². The number of aryl methyl sites for hydroxylation is 3. The Kier molecular flexibility index (Phi) is 26.9. The molecule has 2 heterocycles. The van der Waals surface area contributed by atoms with E-state index in [0.29, 0.717) is 13.2 Å². The monoisotopic (exact) mass is 848 g/mol. The Morgan fingerprint density at radius 2 is 1.21 bits per heavy atom. The number of amides is 1. The highest BCUT2D eigenvalue weighted by atomic mass is 16.5. The number of fused-ring (bicyclic) bond motifs is 1. The molecule has 0 unspecified atom stereocenters. The molecular weight excluding hydrogens is 765 g/mol. The van der Waals surface area contributed by atoms with E-state index < -0.39 is 0 Å². The van der Waals surface area contributed by atoms with Crippen LogP contribution in [0.2, 0.25) is 0 Å². The van der Waals surface area contributed by atoms with E-state index in [-0.39, 0.29) is 5.91 Å². The van der Waals surface area contributed by atoms with Gasteiger partial charge in [-0.2, -0.15) is 0 Å². The Labute approximate surface area is 377 Å². The lowest BCUT2D eigenvalue weighted by Crippen LogP contribution is -2.33. The molecule has 2 aromatic heterocycles. The van der Waals surface area contributed by atoms with Gasteiger partial charge in [-0.05, 0) is 82.7 Å². The fourth-order valence-electron chi connectivity index (χ4n) is 7.54. The van der Waals surface area contributed by atoms with Crippen molar-refractivity contribution in [3.05, 3.63) is 120 Å². The van der Waals surface area contributed by atoms with Crippen LogP contribution >= 0.6 is 0 Å². The first-order chi connectivity index (χ1) is 30.2. The number of ether oxygens (including phenoxy) is 1. The minimum atomic E-state index is 0.0612. The summed E-state index contributed by atoms with van der Waals surface area (Å²) in [6, 6.07) is 31.0. The van der Waals surface area contributed by atoms with Gasteiger partial charge in [-0.15, -0.1) is 5.10 Å². The lowest BCUT2D eigenvalue weighted by Gasteiger charge is -2.18. The van der Waals surface area contributed by atoms with E-state index in [4.69, 9.17) is 4.74 Å². The summed E-state index contributed by atoms with van der Waals surface area (Å²) in [7, 11) is 4.15. The summed E-state index contributed by atoms with van der Waals surface area (Å²) < 4.78 is 10.2. The summed E-state index contributed by atoms with van der Waals surface area (Å²) in [6.07, 6.45) is 25.4. The Morgan fingerprint density at radius 1 is 0.661 bits per heavy atom. The highest BCUT2D eigenvalue weighted by Gasteiger charge is 2.12. The van der Waals surface area contributed by atoms with Crippen LogP contribution in [-0.4, -0.2) is 72.4 Å². The van der Waals surface area contributed by atoms with Crippen molar-refractivity contribution in [2.24, 2.45) is 0 Å². The van der Waals surface area contributed by atoms with Crippen molar-refractivity contribution in [2.75, 3.05) is 52.2 Å². The molecule has 1 amide bonds. The zero-order valence-corrected chi connectivity index (χ0v) is 39.9. The second-order valence-electron chi connectivity index (χ2n) is 17.0. The highest BCUT2D eigenvalue weighted by molar-refractivity contribution is 5.93. The van der Waals surface area contributed by atoms with Crippen LogP contribution in [0.15, 0.2) is 103 Å². The summed E-state index contributed by atoms with van der Waals surface area (Å²) in [5, 5.41) is 8.76. The Bertz CT molecular complexity index is 1850. The fourth-order valence-corrected chi connectivity index (χ4v) is 7.54. The summed E-state index contributed by atoms with van der Waals surface area (Å²) in [6.45, 7) is 16.3. The minimum Gasteiger partial charge on any atom is -0.476 e. The van der Waals surface area contributed by atoms with Crippen molar-refractivity contribution in [2.45, 2.75) is 144 Å². The lowest BCUT2D eigenvalue weighted by molar-refractivity contribution is -0.697. The van der Waals surface area contributed by atoms with Gasteiger partial charge in [0, 0.05) is 30.8 Å². The van der Waals surface area contributed by atoms with E-state index in [2.05, 4.69) is 127 Å². The van der Waals surface area contributed by atoms with Gasteiger partial charge >= 0.3 is 0 Å². The normalized spacial score (nSPS) is 11.0. The topological polar surface area (TPSA) is 66.5 Å². The largest absolute Gasteiger partial charge is 0.476 e. The van der Waals surface area contributed by atoms with Gasteiger partial charge in [0.15, 0.2) is 12.4 Å². The number of likely N-dealkylation sites (N-methyl/N-ethyl adjacent to an activating group) is 1. The van der Waals surface area contributed by atoms with Gasteiger partial charge in [-0.3, -0.25) is 14.4 Å². The molecule has 340 valence electrons. The SMILES string of the molecule is CCCCCCCCCCCCCCCC[n+]1ccccc1.CCN(CC)CC(=O)Nc1c(C)cccc1C.CN(C)CCCOc1nn(Cc2ccccc2)c2ccccc12. The Hall–Kier alpha value is -4.53. The molecule has 0 aliphatic rings. The predicted octanol–water partition coefficient (Wildman–Crippen LogP) is 12.5. The van der Waals surface area contributed by atoms with Gasteiger partial charge in [0.2, 0.25) is 11.8 Å². The van der Waals surface area contributed by atoms with Crippen LogP contribution in [0, 0.1) is 13.8 Å². The summed E-state index contributed by atoms with van der Waals surface area (Å²) in [5.74, 6) is 0.793. The van der Waals surface area contributed by atoms with Crippen LogP contribution in [0.25, 0.3) is 10.9 Å². The maximum absolute atomic E-state index is 11.9. The maximum atomic E-state index is 11.9. The molecule has 0 aliphatic carbocycles. The van der Waals surface area contributed by atoms with E-state index in [0.717, 1.165) is 66.2 Å². The molecule has 3 aromatic carbocycles. The Morgan fingerprint density at radius 3 is 1.79 bits per heavy atom. The van der Waals surface area contributed by atoms with Crippen molar-refractivity contribution in [1.29, 1.82) is 0 Å². The van der Waals surface area contributed by atoms with Crippen molar-refractivity contribution in [3.63, 3.8) is 0 Å². The standard InChI is InChI=1S/C21H38N.C19H23N3O.C14H22N2O/c1-2-3-4-5-6-7-8-9-10-11-12-13-14-16-19-22-20-17-15-18-21-22;1-21(2)13-8-14-23-19-17-11-6-7-12-18(17)22(20-19)15-16-9-4-3-5-10-16;1-5-16(6-2)10-13(17)15-14-11(3)8-7-9-12(14)4/h15,17-18,20-21H,2-14,16,19H2,1H3;3-7,9-12H,8,13-15H2,1-2H3;7-9H,5-6,10H2,1-4H3,(H,15,17)/q+1;;. The molecule has 0 fully saturated rings. The number of nitrogens with one attached hydrogen (secondary N) is 1. The number of anilines is 1. The summed E-state index contributed by atoms with van der Waals surface area (Å²) >= 11 is 0. The van der Waals surface area contributed by atoms with E-state index in [1.54, 1.807) is 0 Å². The zero-order valence-electron chi connectivity index (χ0n) is 39.9. The van der Waals surface area contributed by atoms with Crippen LogP contribution in [0.3, 0.4) is 0 Å². The fraction of sp³-hybridized carbons (Fsp3) is 0.537. The Balaban J connectivity index is 0.000000251. The molecule has 1 N–H and O–H groups in total. The molecule has 8 nitrogen and oxygen atoms in total. The average Bonchev–Trinajstić information content (AvgIpc) is 3.63. The molecular formula is C54H83N6O2+. The van der Waals surface area contributed by atoms with Crippen molar-refractivity contribution < 1.29 is 14.1 Å². The number of nitrogens with zero attached hydrogens (tertiary/aromatic N) is 5. The maximum Gasteiger partial charge on any atom is 0.240 e.